The Labute approximate surface area is 190 Å². The number of hydrogen-bond acceptors (Lipinski definition) is 7. The number of fused-ring (bicyclic) bond motifs is 1. The van der Waals surface area contributed by atoms with E-state index in [0.717, 1.165) is 21.1 Å². The number of nitrogens with zero attached hydrogens (tertiary/aromatic N) is 3. The first-order chi connectivity index (χ1) is 15.3. The van der Waals surface area contributed by atoms with E-state index in [-0.39, 0.29) is 11.4 Å². The van der Waals surface area contributed by atoms with Crippen LogP contribution in [0.25, 0.3) is 16.3 Å². The van der Waals surface area contributed by atoms with Crippen LogP contribution in [0, 0.1) is 13.8 Å². The molecule has 0 unspecified atom stereocenters. The van der Waals surface area contributed by atoms with Crippen LogP contribution in [0.1, 0.15) is 16.1 Å². The Balaban J connectivity index is 1.47. The smallest absolute Gasteiger partial charge is 0.240 e. The molecule has 0 spiro atoms. The highest BCUT2D eigenvalue weighted by atomic mass is 32.2. The van der Waals surface area contributed by atoms with Crippen molar-refractivity contribution in [3.8, 4) is 22.9 Å². The standard InChI is InChI=1S/C22H24N4O4S2/c1-14-5-7-16(8-6-14)21-24-22-26(25-21)15(2)20(31-22)11-12-23-32(27,28)17-9-10-18(29-3)19(13-17)30-4/h5-10,13,23H,11-12H2,1-4H3. The van der Waals surface area contributed by atoms with Crippen molar-refractivity contribution in [3.63, 3.8) is 0 Å². The van der Waals surface area contributed by atoms with Gasteiger partial charge in [-0.1, -0.05) is 41.2 Å². The summed E-state index contributed by atoms with van der Waals surface area (Å²) >= 11 is 1.52. The van der Waals surface area contributed by atoms with Crippen molar-refractivity contribution in [2.24, 2.45) is 0 Å². The normalized spacial score (nSPS) is 11.8. The summed E-state index contributed by atoms with van der Waals surface area (Å²) in [6.45, 7) is 4.26. The van der Waals surface area contributed by atoms with Crippen LogP contribution in [0.2, 0.25) is 0 Å². The molecule has 0 aliphatic carbocycles. The lowest BCUT2D eigenvalue weighted by Gasteiger charge is -2.11. The zero-order valence-corrected chi connectivity index (χ0v) is 19.9. The molecule has 32 heavy (non-hydrogen) atoms. The van der Waals surface area contributed by atoms with Crippen molar-refractivity contribution in [2.75, 3.05) is 20.8 Å². The second-order valence-corrected chi connectivity index (χ2v) is 10.1. The monoisotopic (exact) mass is 472 g/mol. The molecule has 2 aromatic carbocycles. The van der Waals surface area contributed by atoms with Crippen molar-refractivity contribution in [2.45, 2.75) is 25.2 Å². The molecule has 0 fully saturated rings. The van der Waals surface area contributed by atoms with Gasteiger partial charge in [-0.2, -0.15) is 4.98 Å². The quantitative estimate of drug-likeness (QED) is 0.421. The molecule has 8 nitrogen and oxygen atoms in total. The van der Waals surface area contributed by atoms with Gasteiger partial charge >= 0.3 is 0 Å². The maximum atomic E-state index is 12.7. The Morgan fingerprint density at radius 3 is 2.41 bits per heavy atom. The van der Waals surface area contributed by atoms with Gasteiger partial charge in [-0.25, -0.2) is 17.7 Å². The first-order valence-corrected chi connectivity index (χ1v) is 12.3. The minimum absolute atomic E-state index is 0.122. The lowest BCUT2D eigenvalue weighted by atomic mass is 10.1. The summed E-state index contributed by atoms with van der Waals surface area (Å²) in [4.78, 5) is 6.58. The fraction of sp³-hybridized carbons (Fsp3) is 0.273. The van der Waals surface area contributed by atoms with Crippen molar-refractivity contribution in [1.29, 1.82) is 0 Å². The number of rotatable bonds is 8. The van der Waals surface area contributed by atoms with Gasteiger partial charge in [-0.05, 0) is 32.4 Å². The van der Waals surface area contributed by atoms with E-state index < -0.39 is 10.0 Å². The third-order valence-corrected chi connectivity index (χ3v) is 7.78. The average molecular weight is 473 g/mol. The maximum absolute atomic E-state index is 12.7. The minimum Gasteiger partial charge on any atom is -0.493 e. The van der Waals surface area contributed by atoms with Crippen molar-refractivity contribution in [1.82, 2.24) is 19.3 Å². The Bertz CT molecular complexity index is 1360. The molecule has 0 amide bonds. The van der Waals surface area contributed by atoms with Gasteiger partial charge in [0.25, 0.3) is 0 Å². The lowest BCUT2D eigenvalue weighted by Crippen LogP contribution is -2.26. The van der Waals surface area contributed by atoms with Crippen LogP contribution in [0.4, 0.5) is 0 Å². The molecule has 0 bridgehead atoms. The van der Waals surface area contributed by atoms with E-state index >= 15 is 0 Å². The number of sulfonamides is 1. The molecule has 168 valence electrons. The van der Waals surface area contributed by atoms with Crippen LogP contribution in [0.3, 0.4) is 0 Å². The van der Waals surface area contributed by atoms with Gasteiger partial charge in [0.1, 0.15) is 0 Å². The fourth-order valence-corrected chi connectivity index (χ4v) is 5.41. The number of thiazole rings is 1. The molecular weight excluding hydrogens is 448 g/mol. The number of hydrogen-bond donors (Lipinski definition) is 1. The summed E-state index contributed by atoms with van der Waals surface area (Å²) in [5.41, 5.74) is 3.11. The Kier molecular flexibility index (Phi) is 6.18. The molecule has 0 aliphatic heterocycles. The SMILES string of the molecule is COc1ccc(S(=O)(=O)NCCc2sc3nc(-c4ccc(C)cc4)nn3c2C)cc1OC. The zero-order valence-electron chi connectivity index (χ0n) is 18.2. The van der Waals surface area contributed by atoms with Gasteiger partial charge in [0.05, 0.1) is 24.8 Å². The average Bonchev–Trinajstić information content (AvgIpc) is 3.33. The topological polar surface area (TPSA) is 94.8 Å². The number of ether oxygens (including phenoxy) is 2. The molecule has 0 saturated heterocycles. The number of benzene rings is 2. The largest absolute Gasteiger partial charge is 0.493 e. The lowest BCUT2D eigenvalue weighted by molar-refractivity contribution is 0.354. The minimum atomic E-state index is -3.68. The molecule has 10 heteroatoms. The van der Waals surface area contributed by atoms with Crippen molar-refractivity contribution in [3.05, 3.63) is 58.6 Å². The van der Waals surface area contributed by atoms with Gasteiger partial charge in [0, 0.05) is 23.1 Å². The summed E-state index contributed by atoms with van der Waals surface area (Å²) in [6, 6.07) is 12.6. The zero-order chi connectivity index (χ0) is 22.9. The van der Waals surface area contributed by atoms with Crippen LogP contribution in [-0.4, -0.2) is 43.8 Å². The Morgan fingerprint density at radius 1 is 1.03 bits per heavy atom. The van der Waals surface area contributed by atoms with Gasteiger partial charge in [0.2, 0.25) is 15.0 Å². The van der Waals surface area contributed by atoms with E-state index in [4.69, 9.17) is 9.47 Å². The van der Waals surface area contributed by atoms with Crippen molar-refractivity contribution < 1.29 is 17.9 Å². The van der Waals surface area contributed by atoms with E-state index in [0.29, 0.717) is 23.7 Å². The van der Waals surface area contributed by atoms with E-state index in [1.807, 2.05) is 42.6 Å². The molecular formula is C22H24N4O4S2. The molecule has 0 saturated carbocycles. The summed E-state index contributed by atoms with van der Waals surface area (Å²) in [7, 11) is -0.712. The molecule has 4 rings (SSSR count). The van der Waals surface area contributed by atoms with Crippen LogP contribution < -0.4 is 14.2 Å². The Hall–Kier alpha value is -2.95. The predicted octanol–water partition coefficient (Wildman–Crippen LogP) is 3.61. The highest BCUT2D eigenvalue weighted by Gasteiger charge is 2.18. The van der Waals surface area contributed by atoms with Crippen LogP contribution in [-0.2, 0) is 16.4 Å². The number of nitrogens with one attached hydrogen (secondary N) is 1. The van der Waals surface area contributed by atoms with Gasteiger partial charge < -0.3 is 9.47 Å². The number of methoxy groups -OCH3 is 2. The Morgan fingerprint density at radius 2 is 1.75 bits per heavy atom. The summed E-state index contributed by atoms with van der Waals surface area (Å²) in [5.74, 6) is 1.52. The third kappa shape index (κ3) is 4.34. The molecule has 1 N–H and O–H groups in total. The van der Waals surface area contributed by atoms with E-state index in [1.54, 1.807) is 6.07 Å². The molecule has 4 aromatic rings. The molecule has 2 aromatic heterocycles. The number of aryl methyl sites for hydroxylation is 2. The summed E-state index contributed by atoms with van der Waals surface area (Å²) < 4.78 is 40.2. The maximum Gasteiger partial charge on any atom is 0.240 e. The first-order valence-electron chi connectivity index (χ1n) is 9.96. The second-order valence-electron chi connectivity index (χ2n) is 7.27. The second kappa shape index (κ2) is 8.89. The van der Waals surface area contributed by atoms with Crippen LogP contribution >= 0.6 is 11.3 Å². The van der Waals surface area contributed by atoms with Gasteiger partial charge in [-0.15, -0.1) is 5.10 Å². The molecule has 0 atom stereocenters. The summed E-state index contributed by atoms with van der Waals surface area (Å²) in [5, 5.41) is 4.62. The molecule has 0 aliphatic rings. The third-order valence-electron chi connectivity index (χ3n) is 5.13. The van der Waals surface area contributed by atoms with Crippen molar-refractivity contribution >= 4 is 26.3 Å². The first kappa shape index (κ1) is 22.3. The molecule has 0 radical (unpaired) electrons. The number of aromatic nitrogens is 3. The predicted molar refractivity (Wildman–Crippen MR) is 124 cm³/mol. The van der Waals surface area contributed by atoms with E-state index in [1.165, 1.54) is 43.3 Å². The highest BCUT2D eigenvalue weighted by molar-refractivity contribution is 7.89. The van der Waals surface area contributed by atoms with Crippen LogP contribution in [0.5, 0.6) is 11.5 Å². The fourth-order valence-electron chi connectivity index (χ4n) is 3.31. The summed E-state index contributed by atoms with van der Waals surface area (Å²) in [6.07, 6.45) is 0.536. The van der Waals surface area contributed by atoms with Gasteiger partial charge in [-0.3, -0.25) is 0 Å². The van der Waals surface area contributed by atoms with Gasteiger partial charge in [0.15, 0.2) is 17.3 Å². The molecule has 2 heterocycles. The van der Waals surface area contributed by atoms with Crippen LogP contribution in [0.15, 0.2) is 47.4 Å². The van der Waals surface area contributed by atoms with E-state index in [2.05, 4.69) is 14.8 Å². The highest BCUT2D eigenvalue weighted by Crippen LogP contribution is 2.29. The van der Waals surface area contributed by atoms with E-state index in [9.17, 15) is 8.42 Å².